The highest BCUT2D eigenvalue weighted by Crippen LogP contribution is 2.41. The Balaban J connectivity index is 1.57. The third-order valence-electron chi connectivity index (χ3n) is 6.46. The molecule has 2 atom stereocenters. The van der Waals surface area contributed by atoms with Crippen LogP contribution >= 0.6 is 11.6 Å². The number of carbonyl (C=O) groups is 2. The number of carbonyl (C=O) groups excluding carboxylic acids is 2. The molecular weight excluding hydrogens is 396 g/mol. The second kappa shape index (κ2) is 9.65. The summed E-state index contributed by atoms with van der Waals surface area (Å²) in [5.74, 6) is -0.0241. The molecule has 1 N–H and O–H groups in total. The van der Waals surface area contributed by atoms with E-state index in [9.17, 15) is 9.59 Å². The summed E-state index contributed by atoms with van der Waals surface area (Å²) < 4.78 is 0. The Bertz CT molecular complexity index is 862. The fraction of sp³-hybridized carbons (Fsp3) is 0.440. The molecule has 0 aromatic heterocycles. The minimum absolute atomic E-state index is 0.0205. The monoisotopic (exact) mass is 424 g/mol. The SMILES string of the molecule is O=C(NCc1ccc(Cl)cc1)C1CCC(=O)N(C2CCCCC2)C1c1ccccc1. The van der Waals surface area contributed by atoms with Crippen molar-refractivity contribution in [2.24, 2.45) is 5.92 Å². The second-order valence-electron chi connectivity index (χ2n) is 8.44. The lowest BCUT2D eigenvalue weighted by Gasteiger charge is -2.46. The lowest BCUT2D eigenvalue weighted by atomic mass is 9.80. The lowest BCUT2D eigenvalue weighted by molar-refractivity contribution is -0.147. The summed E-state index contributed by atoms with van der Waals surface area (Å²) in [6.07, 6.45) is 6.65. The average Bonchev–Trinajstić information content (AvgIpc) is 2.79. The van der Waals surface area contributed by atoms with Crippen molar-refractivity contribution in [2.75, 3.05) is 0 Å². The van der Waals surface area contributed by atoms with Gasteiger partial charge in [-0.05, 0) is 42.5 Å². The summed E-state index contributed by atoms with van der Waals surface area (Å²) in [6, 6.07) is 17.6. The maximum atomic E-state index is 13.3. The zero-order valence-corrected chi connectivity index (χ0v) is 18.0. The smallest absolute Gasteiger partial charge is 0.225 e. The molecule has 4 rings (SSSR count). The van der Waals surface area contributed by atoms with Crippen molar-refractivity contribution in [2.45, 2.75) is 63.6 Å². The van der Waals surface area contributed by atoms with Gasteiger partial charge in [-0.15, -0.1) is 0 Å². The van der Waals surface area contributed by atoms with Gasteiger partial charge in [0.2, 0.25) is 11.8 Å². The minimum Gasteiger partial charge on any atom is -0.352 e. The van der Waals surface area contributed by atoms with Crippen LogP contribution in [0.4, 0.5) is 0 Å². The van der Waals surface area contributed by atoms with E-state index in [4.69, 9.17) is 11.6 Å². The van der Waals surface area contributed by atoms with Crippen molar-refractivity contribution < 1.29 is 9.59 Å². The highest BCUT2D eigenvalue weighted by molar-refractivity contribution is 6.30. The van der Waals surface area contributed by atoms with Crippen LogP contribution in [0.25, 0.3) is 0 Å². The van der Waals surface area contributed by atoms with Crippen LogP contribution in [0.2, 0.25) is 5.02 Å². The Morgan fingerprint density at radius 1 is 0.967 bits per heavy atom. The molecule has 4 nitrogen and oxygen atoms in total. The average molecular weight is 425 g/mol. The Hall–Kier alpha value is -2.33. The summed E-state index contributed by atoms with van der Waals surface area (Å²) in [7, 11) is 0. The first-order valence-electron chi connectivity index (χ1n) is 11.0. The van der Waals surface area contributed by atoms with Gasteiger partial charge in [0.1, 0.15) is 0 Å². The summed E-state index contributed by atoms with van der Waals surface area (Å²) >= 11 is 5.96. The van der Waals surface area contributed by atoms with Crippen molar-refractivity contribution in [1.82, 2.24) is 10.2 Å². The highest BCUT2D eigenvalue weighted by atomic mass is 35.5. The summed E-state index contributed by atoms with van der Waals surface area (Å²) in [6.45, 7) is 0.464. The molecule has 0 radical (unpaired) electrons. The molecule has 1 saturated heterocycles. The number of nitrogens with zero attached hydrogens (tertiary/aromatic N) is 1. The van der Waals surface area contributed by atoms with Crippen LogP contribution in [0.1, 0.15) is 62.1 Å². The third-order valence-corrected chi connectivity index (χ3v) is 6.72. The van der Waals surface area contributed by atoms with Crippen molar-refractivity contribution >= 4 is 23.4 Å². The number of rotatable bonds is 5. The van der Waals surface area contributed by atoms with Gasteiger partial charge in [-0.2, -0.15) is 0 Å². The number of benzene rings is 2. The Kier molecular flexibility index (Phi) is 6.73. The number of piperidine rings is 1. The normalized spacial score (nSPS) is 22.7. The number of hydrogen-bond acceptors (Lipinski definition) is 2. The Morgan fingerprint density at radius 3 is 2.37 bits per heavy atom. The van der Waals surface area contributed by atoms with E-state index in [2.05, 4.69) is 22.3 Å². The van der Waals surface area contributed by atoms with Crippen LogP contribution in [0.15, 0.2) is 54.6 Å². The fourth-order valence-corrected chi connectivity index (χ4v) is 5.07. The van der Waals surface area contributed by atoms with Gasteiger partial charge in [-0.1, -0.05) is 73.3 Å². The maximum Gasteiger partial charge on any atom is 0.225 e. The van der Waals surface area contributed by atoms with Crippen LogP contribution in [-0.2, 0) is 16.1 Å². The second-order valence-corrected chi connectivity index (χ2v) is 8.87. The van der Waals surface area contributed by atoms with Gasteiger partial charge in [0.25, 0.3) is 0 Å². The zero-order chi connectivity index (χ0) is 20.9. The molecule has 2 aliphatic rings. The summed E-state index contributed by atoms with van der Waals surface area (Å²) in [4.78, 5) is 28.4. The molecular formula is C25H29ClN2O2. The molecule has 1 saturated carbocycles. The van der Waals surface area contributed by atoms with Gasteiger partial charge in [-0.25, -0.2) is 0 Å². The molecule has 1 aliphatic heterocycles. The number of hydrogen-bond donors (Lipinski definition) is 1. The van der Waals surface area contributed by atoms with Gasteiger partial charge >= 0.3 is 0 Å². The number of halogens is 1. The first kappa shape index (κ1) is 20.9. The largest absolute Gasteiger partial charge is 0.352 e. The molecule has 1 aliphatic carbocycles. The quantitative estimate of drug-likeness (QED) is 0.710. The predicted molar refractivity (Wildman–Crippen MR) is 119 cm³/mol. The lowest BCUT2D eigenvalue weighted by Crippen LogP contribution is -2.52. The first-order valence-corrected chi connectivity index (χ1v) is 11.4. The van der Waals surface area contributed by atoms with Crippen LogP contribution in [-0.4, -0.2) is 22.8 Å². The van der Waals surface area contributed by atoms with Crippen molar-refractivity contribution in [3.63, 3.8) is 0 Å². The molecule has 158 valence electrons. The molecule has 0 bridgehead atoms. The van der Waals surface area contributed by atoms with Gasteiger partial charge in [0.05, 0.1) is 12.0 Å². The molecule has 30 heavy (non-hydrogen) atoms. The van der Waals surface area contributed by atoms with Crippen LogP contribution in [0.5, 0.6) is 0 Å². The van der Waals surface area contributed by atoms with Crippen LogP contribution < -0.4 is 5.32 Å². The number of likely N-dealkylation sites (tertiary alicyclic amines) is 1. The van der Waals surface area contributed by atoms with Gasteiger partial charge in [0.15, 0.2) is 0 Å². The van der Waals surface area contributed by atoms with E-state index in [1.54, 1.807) is 0 Å². The molecule has 2 aromatic rings. The standard InChI is InChI=1S/C25H29ClN2O2/c26-20-13-11-18(12-14-20)17-27-25(30)22-15-16-23(29)28(21-9-5-2-6-10-21)24(22)19-7-3-1-4-8-19/h1,3-4,7-8,11-14,21-22,24H,2,5-6,9-10,15-17H2,(H,27,30). The van der Waals surface area contributed by atoms with Gasteiger partial charge in [0, 0.05) is 24.0 Å². The Labute approximate surface area is 183 Å². The van der Waals surface area contributed by atoms with E-state index >= 15 is 0 Å². The number of amides is 2. The zero-order valence-electron chi connectivity index (χ0n) is 17.2. The third kappa shape index (κ3) is 4.70. The van der Waals surface area contributed by atoms with Crippen molar-refractivity contribution in [3.05, 3.63) is 70.7 Å². The summed E-state index contributed by atoms with van der Waals surface area (Å²) in [5, 5.41) is 3.79. The van der Waals surface area contributed by atoms with Crippen LogP contribution in [0, 0.1) is 5.92 Å². The van der Waals surface area contributed by atoms with Gasteiger partial charge < -0.3 is 10.2 Å². The van der Waals surface area contributed by atoms with Crippen molar-refractivity contribution in [3.8, 4) is 0 Å². The summed E-state index contributed by atoms with van der Waals surface area (Å²) in [5.41, 5.74) is 2.07. The molecule has 5 heteroatoms. The molecule has 2 amide bonds. The maximum absolute atomic E-state index is 13.3. The molecule has 0 spiro atoms. The van der Waals surface area contributed by atoms with E-state index in [1.165, 1.54) is 6.42 Å². The topological polar surface area (TPSA) is 49.4 Å². The van der Waals surface area contributed by atoms with E-state index < -0.39 is 0 Å². The first-order chi connectivity index (χ1) is 14.6. The Morgan fingerprint density at radius 2 is 1.67 bits per heavy atom. The predicted octanol–water partition coefficient (Wildman–Crippen LogP) is 5.27. The molecule has 1 heterocycles. The molecule has 2 unspecified atom stereocenters. The minimum atomic E-state index is -0.237. The van der Waals surface area contributed by atoms with Gasteiger partial charge in [-0.3, -0.25) is 9.59 Å². The fourth-order valence-electron chi connectivity index (χ4n) is 4.95. The number of nitrogens with one attached hydrogen (secondary N) is 1. The molecule has 2 aromatic carbocycles. The highest BCUT2D eigenvalue weighted by Gasteiger charge is 2.43. The molecule has 2 fully saturated rings. The van der Waals surface area contributed by atoms with E-state index in [-0.39, 0.29) is 29.8 Å². The van der Waals surface area contributed by atoms with E-state index in [1.807, 2.05) is 42.5 Å². The van der Waals surface area contributed by atoms with Crippen molar-refractivity contribution in [1.29, 1.82) is 0 Å². The van der Waals surface area contributed by atoms with E-state index in [0.29, 0.717) is 24.4 Å². The van der Waals surface area contributed by atoms with Crippen LogP contribution in [0.3, 0.4) is 0 Å². The van der Waals surface area contributed by atoms with E-state index in [0.717, 1.165) is 36.8 Å².